The molecule has 0 aromatic heterocycles. The number of hydrogen-bond donors (Lipinski definition) is 1. The molecule has 2 aromatic carbocycles. The van der Waals surface area contributed by atoms with Gasteiger partial charge in [0.1, 0.15) is 5.75 Å². The van der Waals surface area contributed by atoms with Crippen molar-refractivity contribution >= 4 is 11.6 Å². The molecule has 0 atom stereocenters. The molecule has 7 heteroatoms. The minimum Gasteiger partial charge on any atom is -0.494 e. The van der Waals surface area contributed by atoms with Gasteiger partial charge in [0.05, 0.1) is 11.5 Å². The average Bonchev–Trinajstić information content (AvgIpc) is 2.64. The highest BCUT2D eigenvalue weighted by Crippen LogP contribution is 2.17. The van der Waals surface area contributed by atoms with Crippen molar-refractivity contribution in [1.29, 1.82) is 0 Å². The van der Waals surface area contributed by atoms with Crippen LogP contribution in [-0.2, 0) is 13.1 Å². The van der Waals surface area contributed by atoms with Crippen LogP contribution in [0.3, 0.4) is 0 Å². The van der Waals surface area contributed by atoms with E-state index in [4.69, 9.17) is 4.74 Å². The topological polar surface area (TPSA) is 80.0 Å². The van der Waals surface area contributed by atoms with Crippen LogP contribution in [0, 0.1) is 10.1 Å². The van der Waals surface area contributed by atoms with Gasteiger partial charge in [0.25, 0.3) is 5.69 Å². The van der Waals surface area contributed by atoms with Gasteiger partial charge in [0.2, 0.25) is 0 Å². The molecule has 0 unspecified atom stereocenters. The van der Waals surface area contributed by atoms with Crippen LogP contribution >= 0.6 is 0 Å². The molecule has 0 bridgehead atoms. The summed E-state index contributed by atoms with van der Waals surface area (Å²) in [5.74, 6) is 1.51. The summed E-state index contributed by atoms with van der Waals surface area (Å²) in [5, 5.41) is 14.3. The molecule has 0 amide bonds. The van der Waals surface area contributed by atoms with Crippen molar-refractivity contribution in [2.45, 2.75) is 20.0 Å². The summed E-state index contributed by atoms with van der Waals surface area (Å²) in [4.78, 5) is 17.0. The first-order valence-electron chi connectivity index (χ1n) is 8.41. The number of benzene rings is 2. The highest BCUT2D eigenvalue weighted by atomic mass is 16.6. The molecule has 0 saturated carbocycles. The standard InChI is InChI=1S/C19H24N4O3/c1-4-26-17-11-9-15(10-12-17)14-22(3)19(20-2)21-13-16-7-5-6-8-18(16)23(24)25/h5-12H,4,13-14H2,1-3H3,(H,20,21). The molecule has 1 N–H and O–H groups in total. The molecule has 0 heterocycles. The Bertz CT molecular complexity index is 760. The Balaban J connectivity index is 1.99. The van der Waals surface area contributed by atoms with E-state index < -0.39 is 0 Å². The van der Waals surface area contributed by atoms with Crippen molar-refractivity contribution in [1.82, 2.24) is 10.2 Å². The zero-order chi connectivity index (χ0) is 18.9. The molecular weight excluding hydrogens is 332 g/mol. The summed E-state index contributed by atoms with van der Waals surface area (Å²) >= 11 is 0. The molecule has 26 heavy (non-hydrogen) atoms. The number of guanidine groups is 1. The van der Waals surface area contributed by atoms with Crippen molar-refractivity contribution in [3.63, 3.8) is 0 Å². The van der Waals surface area contributed by atoms with Gasteiger partial charge in [-0.05, 0) is 24.6 Å². The maximum Gasteiger partial charge on any atom is 0.274 e. The summed E-state index contributed by atoms with van der Waals surface area (Å²) in [6.45, 7) is 3.58. The second-order valence-corrected chi connectivity index (χ2v) is 5.72. The first kappa shape index (κ1) is 19.2. The van der Waals surface area contributed by atoms with Crippen molar-refractivity contribution in [2.24, 2.45) is 4.99 Å². The Morgan fingerprint density at radius 2 is 1.92 bits per heavy atom. The predicted octanol–water partition coefficient (Wildman–Crippen LogP) is 3.20. The van der Waals surface area contributed by atoms with Crippen LogP contribution in [0.1, 0.15) is 18.1 Å². The lowest BCUT2D eigenvalue weighted by atomic mass is 10.2. The Morgan fingerprint density at radius 3 is 2.54 bits per heavy atom. The van der Waals surface area contributed by atoms with Gasteiger partial charge in [-0.1, -0.05) is 30.3 Å². The minimum atomic E-state index is -0.372. The van der Waals surface area contributed by atoms with Gasteiger partial charge in [0.15, 0.2) is 5.96 Å². The van der Waals surface area contributed by atoms with E-state index >= 15 is 0 Å². The third-order valence-corrected chi connectivity index (χ3v) is 3.85. The molecule has 0 fully saturated rings. The van der Waals surface area contributed by atoms with Crippen LogP contribution in [0.15, 0.2) is 53.5 Å². The number of rotatable bonds is 7. The molecule has 2 aromatic rings. The summed E-state index contributed by atoms with van der Waals surface area (Å²) in [5.41, 5.74) is 1.84. The minimum absolute atomic E-state index is 0.101. The lowest BCUT2D eigenvalue weighted by Crippen LogP contribution is -2.38. The van der Waals surface area contributed by atoms with E-state index in [9.17, 15) is 10.1 Å². The lowest BCUT2D eigenvalue weighted by molar-refractivity contribution is -0.385. The van der Waals surface area contributed by atoms with Crippen molar-refractivity contribution in [3.8, 4) is 5.75 Å². The average molecular weight is 356 g/mol. The SMILES string of the molecule is CCOc1ccc(CN(C)C(=NC)NCc2ccccc2[N+](=O)[O-])cc1. The second-order valence-electron chi connectivity index (χ2n) is 5.72. The fourth-order valence-corrected chi connectivity index (χ4v) is 2.60. The molecule has 0 radical (unpaired) electrons. The van der Waals surface area contributed by atoms with E-state index in [1.54, 1.807) is 25.2 Å². The van der Waals surface area contributed by atoms with Crippen LogP contribution in [0.4, 0.5) is 5.69 Å². The van der Waals surface area contributed by atoms with E-state index in [0.717, 1.165) is 11.3 Å². The first-order valence-corrected chi connectivity index (χ1v) is 8.41. The smallest absolute Gasteiger partial charge is 0.274 e. The third-order valence-electron chi connectivity index (χ3n) is 3.85. The quantitative estimate of drug-likeness (QED) is 0.357. The molecule has 0 aliphatic carbocycles. The largest absolute Gasteiger partial charge is 0.494 e. The fourth-order valence-electron chi connectivity index (χ4n) is 2.60. The van der Waals surface area contributed by atoms with E-state index in [1.807, 2.05) is 43.1 Å². The van der Waals surface area contributed by atoms with Crippen LogP contribution in [0.2, 0.25) is 0 Å². The highest BCUT2D eigenvalue weighted by molar-refractivity contribution is 5.79. The molecule has 7 nitrogen and oxygen atoms in total. The van der Waals surface area contributed by atoms with Crippen molar-refractivity contribution < 1.29 is 9.66 Å². The number of nitro benzene ring substituents is 1. The summed E-state index contributed by atoms with van der Waals surface area (Å²) in [7, 11) is 3.61. The monoisotopic (exact) mass is 356 g/mol. The van der Waals surface area contributed by atoms with E-state index in [1.165, 1.54) is 6.07 Å². The van der Waals surface area contributed by atoms with Gasteiger partial charge in [-0.25, -0.2) is 0 Å². The number of nitrogens with one attached hydrogen (secondary N) is 1. The Hall–Kier alpha value is -3.09. The van der Waals surface area contributed by atoms with Gasteiger partial charge in [0, 0.05) is 38.8 Å². The summed E-state index contributed by atoms with van der Waals surface area (Å²) < 4.78 is 5.45. The maximum atomic E-state index is 11.1. The molecule has 0 spiro atoms. The van der Waals surface area contributed by atoms with Gasteiger partial charge in [-0.15, -0.1) is 0 Å². The molecule has 2 rings (SSSR count). The highest BCUT2D eigenvalue weighted by Gasteiger charge is 2.13. The second kappa shape index (κ2) is 9.41. The zero-order valence-corrected chi connectivity index (χ0v) is 15.3. The zero-order valence-electron chi connectivity index (χ0n) is 15.3. The van der Waals surface area contributed by atoms with Crippen LogP contribution in [0.5, 0.6) is 5.75 Å². The van der Waals surface area contributed by atoms with E-state index in [-0.39, 0.29) is 10.6 Å². The van der Waals surface area contributed by atoms with Gasteiger partial charge < -0.3 is 15.0 Å². The van der Waals surface area contributed by atoms with Crippen LogP contribution in [-0.4, -0.2) is 36.5 Å². The lowest BCUT2D eigenvalue weighted by Gasteiger charge is -2.22. The molecule has 0 aliphatic heterocycles. The number of para-hydroxylation sites is 1. The predicted molar refractivity (Wildman–Crippen MR) is 102 cm³/mol. The van der Waals surface area contributed by atoms with Crippen molar-refractivity contribution in [3.05, 3.63) is 69.8 Å². The Kier molecular flexibility index (Phi) is 6.96. The number of aliphatic imine (C=N–C) groups is 1. The molecule has 0 saturated heterocycles. The van der Waals surface area contributed by atoms with Crippen LogP contribution < -0.4 is 10.1 Å². The number of nitrogens with zero attached hydrogens (tertiary/aromatic N) is 3. The van der Waals surface area contributed by atoms with Gasteiger partial charge >= 0.3 is 0 Å². The van der Waals surface area contributed by atoms with E-state index in [2.05, 4.69) is 10.3 Å². The maximum absolute atomic E-state index is 11.1. The van der Waals surface area contributed by atoms with Gasteiger partial charge in [-0.2, -0.15) is 0 Å². The molecular formula is C19H24N4O3. The normalized spacial score (nSPS) is 11.1. The van der Waals surface area contributed by atoms with Crippen LogP contribution in [0.25, 0.3) is 0 Å². The first-order chi connectivity index (χ1) is 12.5. The number of nitro groups is 1. The number of hydrogen-bond acceptors (Lipinski definition) is 4. The van der Waals surface area contributed by atoms with E-state index in [0.29, 0.717) is 31.2 Å². The van der Waals surface area contributed by atoms with Crippen molar-refractivity contribution in [2.75, 3.05) is 20.7 Å². The summed E-state index contributed by atoms with van der Waals surface area (Å²) in [6, 6.07) is 14.6. The third kappa shape index (κ3) is 5.20. The van der Waals surface area contributed by atoms with Gasteiger partial charge in [-0.3, -0.25) is 15.1 Å². The number of ether oxygens (including phenoxy) is 1. The Labute approximate surface area is 153 Å². The Morgan fingerprint density at radius 1 is 1.23 bits per heavy atom. The fraction of sp³-hybridized carbons (Fsp3) is 0.316. The molecule has 0 aliphatic rings. The molecule has 138 valence electrons. The summed E-state index contributed by atoms with van der Waals surface area (Å²) in [6.07, 6.45) is 0.